The predicted octanol–water partition coefficient (Wildman–Crippen LogP) is 4.50. The Morgan fingerprint density at radius 3 is 2.23 bits per heavy atom. The molecule has 0 unspecified atom stereocenters. The monoisotopic (exact) mass is 442 g/mol. The average molecular weight is 443 g/mol. The average Bonchev–Trinajstić information content (AvgIpc) is 2.72. The lowest BCUT2D eigenvalue weighted by molar-refractivity contribution is -0.128. The molecular weight excluding hydrogens is 420 g/mol. The van der Waals surface area contributed by atoms with Gasteiger partial charge in [0.2, 0.25) is 5.91 Å². The van der Waals surface area contributed by atoms with Crippen molar-refractivity contribution in [2.75, 3.05) is 17.9 Å². The van der Waals surface area contributed by atoms with Crippen LogP contribution in [-0.4, -0.2) is 32.8 Å². The molecule has 3 aromatic rings. The Labute approximate surface area is 182 Å². The molecule has 0 N–H and O–H groups in total. The molecule has 0 aromatic heterocycles. The van der Waals surface area contributed by atoms with Crippen molar-refractivity contribution >= 4 is 33.2 Å². The molecule has 0 aliphatic heterocycles. The number of benzene rings is 3. The number of likely N-dealkylation sites (N-methyl/N-ethyl adjacent to an activating group) is 1. The maximum Gasteiger partial charge on any atom is 0.264 e. The zero-order valence-electron chi connectivity index (χ0n) is 16.8. The van der Waals surface area contributed by atoms with E-state index in [1.165, 1.54) is 29.2 Å². The number of hydrogen-bond donors (Lipinski definition) is 0. The van der Waals surface area contributed by atoms with Gasteiger partial charge in [-0.05, 0) is 54.4 Å². The fourth-order valence-corrected chi connectivity index (χ4v) is 4.55. The highest BCUT2D eigenvalue weighted by molar-refractivity contribution is 7.92. The van der Waals surface area contributed by atoms with Crippen molar-refractivity contribution in [3.63, 3.8) is 0 Å². The molecule has 3 aromatic carbocycles. The van der Waals surface area contributed by atoms with Crippen LogP contribution in [0.2, 0.25) is 5.02 Å². The topological polar surface area (TPSA) is 57.7 Å². The van der Waals surface area contributed by atoms with Gasteiger partial charge < -0.3 is 4.90 Å². The highest BCUT2D eigenvalue weighted by Crippen LogP contribution is 2.25. The molecule has 0 aliphatic carbocycles. The Balaban J connectivity index is 1.92. The van der Waals surface area contributed by atoms with Gasteiger partial charge in [-0.1, -0.05) is 54.1 Å². The third-order valence-corrected chi connectivity index (χ3v) is 6.70. The van der Waals surface area contributed by atoms with E-state index < -0.39 is 10.0 Å². The van der Waals surface area contributed by atoms with Crippen LogP contribution in [0.1, 0.15) is 11.1 Å². The van der Waals surface area contributed by atoms with Gasteiger partial charge in [-0.25, -0.2) is 8.42 Å². The molecule has 0 spiro atoms. The number of anilines is 1. The van der Waals surface area contributed by atoms with Crippen LogP contribution >= 0.6 is 11.6 Å². The SMILES string of the molecule is Cc1cccc(N(CC(=O)N(C)Cc2ccccc2)S(=O)(=O)c2ccc(Cl)cc2)c1. The van der Waals surface area contributed by atoms with E-state index in [2.05, 4.69) is 0 Å². The number of hydrogen-bond acceptors (Lipinski definition) is 3. The smallest absolute Gasteiger partial charge is 0.264 e. The summed E-state index contributed by atoms with van der Waals surface area (Å²) in [5, 5.41) is 0.440. The van der Waals surface area contributed by atoms with Gasteiger partial charge in [0.05, 0.1) is 10.6 Å². The van der Waals surface area contributed by atoms with Gasteiger partial charge in [-0.15, -0.1) is 0 Å². The van der Waals surface area contributed by atoms with Crippen molar-refractivity contribution in [2.45, 2.75) is 18.4 Å². The van der Waals surface area contributed by atoms with Gasteiger partial charge in [0.25, 0.3) is 10.0 Å². The van der Waals surface area contributed by atoms with Crippen molar-refractivity contribution in [3.05, 3.63) is 95.0 Å². The number of carbonyl (C=O) groups excluding carboxylic acids is 1. The molecule has 0 aliphatic rings. The molecule has 0 bridgehead atoms. The summed E-state index contributed by atoms with van der Waals surface area (Å²) in [5.41, 5.74) is 2.30. The summed E-state index contributed by atoms with van der Waals surface area (Å²) in [5.74, 6) is -0.308. The lowest BCUT2D eigenvalue weighted by Gasteiger charge is -2.27. The molecule has 0 radical (unpaired) electrons. The van der Waals surface area contributed by atoms with Crippen molar-refractivity contribution in [2.24, 2.45) is 0 Å². The number of aryl methyl sites for hydroxylation is 1. The van der Waals surface area contributed by atoms with E-state index in [-0.39, 0.29) is 17.3 Å². The number of amides is 1. The van der Waals surface area contributed by atoms with Crippen molar-refractivity contribution in [3.8, 4) is 0 Å². The first-order valence-electron chi connectivity index (χ1n) is 9.40. The Hall–Kier alpha value is -2.83. The van der Waals surface area contributed by atoms with Crippen LogP contribution in [0, 0.1) is 6.92 Å². The number of rotatable bonds is 7. The lowest BCUT2D eigenvalue weighted by Crippen LogP contribution is -2.41. The summed E-state index contributed by atoms with van der Waals surface area (Å²) in [6.45, 7) is 1.96. The van der Waals surface area contributed by atoms with Gasteiger partial charge >= 0.3 is 0 Å². The largest absolute Gasteiger partial charge is 0.340 e. The van der Waals surface area contributed by atoms with E-state index in [9.17, 15) is 13.2 Å². The highest BCUT2D eigenvalue weighted by atomic mass is 35.5. The summed E-state index contributed by atoms with van der Waals surface area (Å²) < 4.78 is 27.9. The molecule has 0 fully saturated rings. The van der Waals surface area contributed by atoms with Gasteiger partial charge in [0.15, 0.2) is 0 Å². The molecular formula is C23H23ClN2O3S. The molecule has 0 heterocycles. The van der Waals surface area contributed by atoms with Gasteiger partial charge in [-0.3, -0.25) is 9.10 Å². The Bertz CT molecular complexity index is 1120. The molecule has 156 valence electrons. The first-order valence-corrected chi connectivity index (χ1v) is 11.2. The van der Waals surface area contributed by atoms with E-state index in [1.807, 2.05) is 43.3 Å². The van der Waals surface area contributed by atoms with Crippen LogP contribution in [0.25, 0.3) is 0 Å². The molecule has 3 rings (SSSR count). The second kappa shape index (κ2) is 9.32. The third-order valence-electron chi connectivity index (χ3n) is 4.66. The molecule has 0 saturated carbocycles. The Morgan fingerprint density at radius 1 is 0.933 bits per heavy atom. The Kier molecular flexibility index (Phi) is 6.80. The predicted molar refractivity (Wildman–Crippen MR) is 120 cm³/mol. The molecule has 0 atom stereocenters. The fraction of sp³-hybridized carbons (Fsp3) is 0.174. The molecule has 5 nitrogen and oxygen atoms in total. The summed E-state index contributed by atoms with van der Waals surface area (Å²) in [4.78, 5) is 14.5. The maximum absolute atomic E-state index is 13.4. The zero-order chi connectivity index (χ0) is 21.7. The maximum atomic E-state index is 13.4. The number of carbonyl (C=O) groups is 1. The van der Waals surface area contributed by atoms with E-state index >= 15 is 0 Å². The van der Waals surface area contributed by atoms with Crippen LogP contribution in [0.15, 0.2) is 83.8 Å². The molecule has 0 saturated heterocycles. The number of sulfonamides is 1. The third kappa shape index (κ3) is 5.20. The minimum Gasteiger partial charge on any atom is -0.340 e. The van der Waals surface area contributed by atoms with Crippen LogP contribution in [0.3, 0.4) is 0 Å². The van der Waals surface area contributed by atoms with E-state index in [0.717, 1.165) is 15.4 Å². The number of halogens is 1. The van der Waals surface area contributed by atoms with Crippen molar-refractivity contribution < 1.29 is 13.2 Å². The quantitative estimate of drug-likeness (QED) is 0.541. The standard InChI is InChI=1S/C23H23ClN2O3S/c1-18-7-6-10-21(15-18)26(30(28,29)22-13-11-20(24)12-14-22)17-23(27)25(2)16-19-8-4-3-5-9-19/h3-15H,16-17H2,1-2H3. The first-order chi connectivity index (χ1) is 14.3. The Morgan fingerprint density at radius 2 is 1.60 bits per heavy atom. The normalized spacial score (nSPS) is 11.2. The number of nitrogens with zero attached hydrogens (tertiary/aromatic N) is 2. The molecule has 7 heteroatoms. The van der Waals surface area contributed by atoms with E-state index in [4.69, 9.17) is 11.6 Å². The zero-order valence-corrected chi connectivity index (χ0v) is 18.4. The summed E-state index contributed by atoms with van der Waals surface area (Å²) in [7, 11) is -2.30. The van der Waals surface area contributed by atoms with Crippen molar-refractivity contribution in [1.29, 1.82) is 0 Å². The van der Waals surface area contributed by atoms with Gasteiger partial charge in [0.1, 0.15) is 6.54 Å². The second-order valence-electron chi connectivity index (χ2n) is 7.04. The minimum atomic E-state index is -3.96. The first kappa shape index (κ1) is 21.9. The second-order valence-corrected chi connectivity index (χ2v) is 9.34. The van der Waals surface area contributed by atoms with Gasteiger partial charge in [0, 0.05) is 18.6 Å². The minimum absolute atomic E-state index is 0.0759. The van der Waals surface area contributed by atoms with Crippen LogP contribution in [0.4, 0.5) is 5.69 Å². The van der Waals surface area contributed by atoms with E-state index in [1.54, 1.807) is 25.2 Å². The lowest BCUT2D eigenvalue weighted by atomic mass is 10.2. The highest BCUT2D eigenvalue weighted by Gasteiger charge is 2.28. The van der Waals surface area contributed by atoms with Crippen molar-refractivity contribution in [1.82, 2.24) is 4.90 Å². The van der Waals surface area contributed by atoms with Crippen LogP contribution in [0.5, 0.6) is 0 Å². The van der Waals surface area contributed by atoms with E-state index in [0.29, 0.717) is 17.3 Å². The molecule has 30 heavy (non-hydrogen) atoms. The summed E-state index contributed by atoms with van der Waals surface area (Å²) in [6, 6.07) is 22.6. The molecule has 1 amide bonds. The summed E-state index contributed by atoms with van der Waals surface area (Å²) >= 11 is 5.91. The van der Waals surface area contributed by atoms with Crippen LogP contribution < -0.4 is 4.31 Å². The summed E-state index contributed by atoms with van der Waals surface area (Å²) in [6.07, 6.45) is 0. The fourth-order valence-electron chi connectivity index (χ4n) is 3.02. The van der Waals surface area contributed by atoms with Crippen LogP contribution in [-0.2, 0) is 21.4 Å². The van der Waals surface area contributed by atoms with Gasteiger partial charge in [-0.2, -0.15) is 0 Å².